The van der Waals surface area contributed by atoms with Gasteiger partial charge < -0.3 is 14.6 Å². The third-order valence-corrected chi connectivity index (χ3v) is 3.85. The standard InChI is InChI=1S/C20H20FN3O3/c1-14-2-8-17(9-3-14)26-13-12-22-18(25)10-11-19-23-20(24-27-19)15-4-6-16(21)7-5-15/h2-9H,10-13H2,1H3,(H,22,25). The van der Waals surface area contributed by atoms with Gasteiger partial charge in [0.2, 0.25) is 17.6 Å². The molecule has 1 aromatic heterocycles. The van der Waals surface area contributed by atoms with Gasteiger partial charge in [0.25, 0.3) is 0 Å². The highest BCUT2D eigenvalue weighted by Crippen LogP contribution is 2.16. The minimum atomic E-state index is -0.328. The highest BCUT2D eigenvalue weighted by molar-refractivity contribution is 5.76. The quantitative estimate of drug-likeness (QED) is 0.617. The largest absolute Gasteiger partial charge is 0.492 e. The van der Waals surface area contributed by atoms with Crippen LogP contribution in [-0.4, -0.2) is 29.2 Å². The van der Waals surface area contributed by atoms with Gasteiger partial charge in [0.15, 0.2) is 0 Å². The second-order valence-electron chi connectivity index (χ2n) is 6.03. The van der Waals surface area contributed by atoms with Gasteiger partial charge in [-0.3, -0.25) is 4.79 Å². The van der Waals surface area contributed by atoms with Crippen molar-refractivity contribution >= 4 is 5.91 Å². The third-order valence-electron chi connectivity index (χ3n) is 3.85. The molecule has 0 aliphatic heterocycles. The predicted molar refractivity (Wildman–Crippen MR) is 97.7 cm³/mol. The van der Waals surface area contributed by atoms with E-state index in [0.717, 1.165) is 5.75 Å². The van der Waals surface area contributed by atoms with Gasteiger partial charge in [0.05, 0.1) is 6.54 Å². The minimum Gasteiger partial charge on any atom is -0.492 e. The zero-order valence-electron chi connectivity index (χ0n) is 14.9. The number of halogens is 1. The average Bonchev–Trinajstić information content (AvgIpc) is 3.14. The number of rotatable bonds is 8. The van der Waals surface area contributed by atoms with Crippen molar-refractivity contribution in [1.82, 2.24) is 15.5 Å². The number of carbonyl (C=O) groups excluding carboxylic acids is 1. The molecule has 3 aromatic rings. The number of amides is 1. The molecule has 3 rings (SSSR count). The van der Waals surface area contributed by atoms with Crippen LogP contribution in [0, 0.1) is 12.7 Å². The van der Waals surface area contributed by atoms with E-state index < -0.39 is 0 Å². The number of hydrogen-bond acceptors (Lipinski definition) is 5. The van der Waals surface area contributed by atoms with E-state index in [9.17, 15) is 9.18 Å². The van der Waals surface area contributed by atoms with E-state index in [0.29, 0.717) is 36.9 Å². The van der Waals surface area contributed by atoms with Crippen LogP contribution < -0.4 is 10.1 Å². The first-order valence-electron chi connectivity index (χ1n) is 8.65. The zero-order chi connectivity index (χ0) is 19.1. The first-order chi connectivity index (χ1) is 13.1. The van der Waals surface area contributed by atoms with Gasteiger partial charge in [-0.2, -0.15) is 4.98 Å². The molecule has 0 atom stereocenters. The van der Waals surface area contributed by atoms with Crippen LogP contribution in [0.2, 0.25) is 0 Å². The summed E-state index contributed by atoms with van der Waals surface area (Å²) in [6.45, 7) is 2.82. The third kappa shape index (κ3) is 5.64. The Morgan fingerprint density at radius 3 is 2.63 bits per heavy atom. The Kier molecular flexibility index (Phi) is 6.14. The molecule has 1 N–H and O–H groups in total. The highest BCUT2D eigenvalue weighted by Gasteiger charge is 2.10. The van der Waals surface area contributed by atoms with Gasteiger partial charge in [-0.05, 0) is 43.3 Å². The lowest BCUT2D eigenvalue weighted by Gasteiger charge is -2.07. The first-order valence-corrected chi connectivity index (χ1v) is 8.65. The van der Waals surface area contributed by atoms with Crippen LogP contribution >= 0.6 is 0 Å². The number of carbonyl (C=O) groups is 1. The normalized spacial score (nSPS) is 10.6. The Morgan fingerprint density at radius 1 is 1.15 bits per heavy atom. The molecule has 6 nitrogen and oxygen atoms in total. The lowest BCUT2D eigenvalue weighted by molar-refractivity contribution is -0.121. The van der Waals surface area contributed by atoms with Crippen molar-refractivity contribution in [3.05, 3.63) is 65.8 Å². The summed E-state index contributed by atoms with van der Waals surface area (Å²) in [6, 6.07) is 13.5. The Bertz CT molecular complexity index is 876. The molecule has 0 saturated carbocycles. The average molecular weight is 369 g/mol. The Balaban J connectivity index is 1.38. The van der Waals surface area contributed by atoms with E-state index in [1.165, 1.54) is 17.7 Å². The van der Waals surface area contributed by atoms with E-state index in [4.69, 9.17) is 9.26 Å². The summed E-state index contributed by atoms with van der Waals surface area (Å²) in [4.78, 5) is 16.1. The Morgan fingerprint density at radius 2 is 1.89 bits per heavy atom. The molecule has 27 heavy (non-hydrogen) atoms. The van der Waals surface area contributed by atoms with E-state index in [-0.39, 0.29) is 18.1 Å². The molecule has 7 heteroatoms. The van der Waals surface area contributed by atoms with Gasteiger partial charge in [-0.15, -0.1) is 0 Å². The van der Waals surface area contributed by atoms with Crippen molar-refractivity contribution in [2.24, 2.45) is 0 Å². The zero-order valence-corrected chi connectivity index (χ0v) is 14.9. The lowest BCUT2D eigenvalue weighted by atomic mass is 10.2. The molecule has 0 radical (unpaired) electrons. The van der Waals surface area contributed by atoms with Crippen molar-refractivity contribution in [2.75, 3.05) is 13.2 Å². The molecule has 1 heterocycles. The van der Waals surface area contributed by atoms with E-state index in [2.05, 4.69) is 15.5 Å². The molecule has 140 valence electrons. The molecule has 0 saturated heterocycles. The molecule has 0 unspecified atom stereocenters. The maximum absolute atomic E-state index is 12.9. The molecule has 1 amide bonds. The van der Waals surface area contributed by atoms with E-state index in [1.54, 1.807) is 12.1 Å². The summed E-state index contributed by atoms with van der Waals surface area (Å²) in [6.07, 6.45) is 0.564. The summed E-state index contributed by atoms with van der Waals surface area (Å²) in [5.41, 5.74) is 1.82. The Labute approximate surface area is 156 Å². The number of aromatic nitrogens is 2. The van der Waals surface area contributed by atoms with Crippen LogP contribution in [-0.2, 0) is 11.2 Å². The fourth-order valence-electron chi connectivity index (χ4n) is 2.38. The summed E-state index contributed by atoms with van der Waals surface area (Å²) in [7, 11) is 0. The van der Waals surface area contributed by atoms with Crippen LogP contribution in [0.4, 0.5) is 4.39 Å². The predicted octanol–water partition coefficient (Wildman–Crippen LogP) is 3.31. The van der Waals surface area contributed by atoms with E-state index in [1.807, 2.05) is 31.2 Å². The van der Waals surface area contributed by atoms with Crippen LogP contribution in [0.5, 0.6) is 5.75 Å². The lowest BCUT2D eigenvalue weighted by Crippen LogP contribution is -2.28. The van der Waals surface area contributed by atoms with Gasteiger partial charge >= 0.3 is 0 Å². The number of nitrogens with zero attached hydrogens (tertiary/aromatic N) is 2. The number of ether oxygens (including phenoxy) is 1. The number of nitrogens with one attached hydrogen (secondary N) is 1. The molecule has 0 bridgehead atoms. The van der Waals surface area contributed by atoms with Gasteiger partial charge in [-0.1, -0.05) is 22.9 Å². The summed E-state index contributed by atoms with van der Waals surface area (Å²) in [5.74, 6) is 1.06. The number of hydrogen-bond donors (Lipinski definition) is 1. The second kappa shape index (κ2) is 8.93. The SMILES string of the molecule is Cc1ccc(OCCNC(=O)CCc2nc(-c3ccc(F)cc3)no2)cc1. The maximum Gasteiger partial charge on any atom is 0.227 e. The van der Waals surface area contributed by atoms with Crippen molar-refractivity contribution in [3.63, 3.8) is 0 Å². The minimum absolute atomic E-state index is 0.121. The van der Waals surface area contributed by atoms with Gasteiger partial charge in [-0.25, -0.2) is 4.39 Å². The van der Waals surface area contributed by atoms with Gasteiger partial charge in [0, 0.05) is 18.4 Å². The first kappa shape index (κ1) is 18.6. The molecule has 0 fully saturated rings. The summed E-state index contributed by atoms with van der Waals surface area (Å²) in [5, 5.41) is 6.63. The monoisotopic (exact) mass is 369 g/mol. The van der Waals surface area contributed by atoms with Crippen LogP contribution in [0.1, 0.15) is 17.9 Å². The molecule has 0 aliphatic carbocycles. The fourth-order valence-corrected chi connectivity index (χ4v) is 2.38. The van der Waals surface area contributed by atoms with Crippen molar-refractivity contribution in [1.29, 1.82) is 0 Å². The second-order valence-corrected chi connectivity index (χ2v) is 6.03. The fraction of sp³-hybridized carbons (Fsp3) is 0.250. The molecular formula is C20H20FN3O3. The molecular weight excluding hydrogens is 349 g/mol. The topological polar surface area (TPSA) is 77.2 Å². The maximum atomic E-state index is 12.9. The van der Waals surface area contributed by atoms with Crippen LogP contribution in [0.3, 0.4) is 0 Å². The van der Waals surface area contributed by atoms with Crippen molar-refractivity contribution in [3.8, 4) is 17.1 Å². The van der Waals surface area contributed by atoms with Crippen LogP contribution in [0.15, 0.2) is 53.1 Å². The van der Waals surface area contributed by atoms with E-state index >= 15 is 0 Å². The highest BCUT2D eigenvalue weighted by atomic mass is 19.1. The van der Waals surface area contributed by atoms with Crippen LogP contribution in [0.25, 0.3) is 11.4 Å². The summed E-state index contributed by atoms with van der Waals surface area (Å²) < 4.78 is 23.6. The number of aryl methyl sites for hydroxylation is 2. The molecule has 0 spiro atoms. The smallest absolute Gasteiger partial charge is 0.227 e. The van der Waals surface area contributed by atoms with Gasteiger partial charge in [0.1, 0.15) is 18.2 Å². The van der Waals surface area contributed by atoms with Crippen molar-refractivity contribution < 1.29 is 18.4 Å². The molecule has 2 aromatic carbocycles. The summed E-state index contributed by atoms with van der Waals surface area (Å²) >= 11 is 0. The molecule has 0 aliphatic rings. The number of benzene rings is 2. The Hall–Kier alpha value is -3.22. The van der Waals surface area contributed by atoms with Crippen molar-refractivity contribution in [2.45, 2.75) is 19.8 Å².